The van der Waals surface area contributed by atoms with Crippen molar-refractivity contribution in [2.24, 2.45) is 0 Å². The second kappa shape index (κ2) is 8.18. The highest BCUT2D eigenvalue weighted by molar-refractivity contribution is 6.00. The summed E-state index contributed by atoms with van der Waals surface area (Å²) in [5.74, 6) is -0.0220. The molecular weight excluding hydrogens is 390 g/mol. The Labute approximate surface area is 180 Å². The molecule has 0 fully saturated rings. The third kappa shape index (κ3) is 3.63. The zero-order valence-corrected chi connectivity index (χ0v) is 17.9. The highest BCUT2D eigenvalue weighted by Gasteiger charge is 2.25. The number of benzene rings is 1. The normalized spacial score (nSPS) is 12.2. The summed E-state index contributed by atoms with van der Waals surface area (Å²) in [6.45, 7) is 6.39. The minimum atomic E-state index is -0.325. The largest absolute Gasteiger partial charge is 0.345 e. The molecular formula is C24H26N5O2+. The number of nitrogens with zero attached hydrogens (tertiary/aromatic N) is 3. The zero-order valence-electron chi connectivity index (χ0n) is 17.9. The summed E-state index contributed by atoms with van der Waals surface area (Å²) in [7, 11) is 0. The number of amides is 1. The Morgan fingerprint density at radius 2 is 1.97 bits per heavy atom. The van der Waals surface area contributed by atoms with Gasteiger partial charge < -0.3 is 11.1 Å². The lowest BCUT2D eigenvalue weighted by atomic mass is 10.1. The van der Waals surface area contributed by atoms with Crippen molar-refractivity contribution in [3.63, 3.8) is 0 Å². The minimum absolute atomic E-state index is 0.207. The molecule has 7 nitrogen and oxygen atoms in total. The van der Waals surface area contributed by atoms with Gasteiger partial charge in [0.25, 0.3) is 17.1 Å². The number of carbonyl (C=O) groups excluding carboxylic acids is 1. The summed E-state index contributed by atoms with van der Waals surface area (Å²) < 4.78 is 3.28. The molecule has 3 N–H and O–H groups in total. The molecule has 3 aromatic heterocycles. The van der Waals surface area contributed by atoms with Crippen LogP contribution in [0.3, 0.4) is 0 Å². The molecule has 4 rings (SSSR count). The van der Waals surface area contributed by atoms with Gasteiger partial charge in [-0.25, -0.2) is 4.57 Å². The molecule has 0 unspecified atom stereocenters. The van der Waals surface area contributed by atoms with Crippen LogP contribution >= 0.6 is 0 Å². The third-order valence-corrected chi connectivity index (χ3v) is 5.51. The average molecular weight is 417 g/mol. The number of rotatable bonds is 5. The van der Waals surface area contributed by atoms with Crippen LogP contribution in [-0.2, 0) is 6.54 Å². The zero-order chi connectivity index (χ0) is 22.1. The first kappa shape index (κ1) is 20.5. The maximum absolute atomic E-state index is 13.3. The third-order valence-electron chi connectivity index (χ3n) is 5.51. The van der Waals surface area contributed by atoms with Crippen molar-refractivity contribution < 1.29 is 9.36 Å². The lowest BCUT2D eigenvalue weighted by Crippen LogP contribution is -2.43. The van der Waals surface area contributed by atoms with E-state index in [0.29, 0.717) is 29.0 Å². The number of pyridine rings is 2. The van der Waals surface area contributed by atoms with Crippen LogP contribution in [0.25, 0.3) is 16.7 Å². The molecule has 7 heteroatoms. The molecule has 158 valence electrons. The summed E-state index contributed by atoms with van der Waals surface area (Å²) in [5, 5.41) is 3.36. The number of aromatic nitrogens is 3. The Kier molecular flexibility index (Phi) is 5.42. The van der Waals surface area contributed by atoms with Crippen LogP contribution < -0.4 is 21.2 Å². The lowest BCUT2D eigenvalue weighted by Gasteiger charge is -2.16. The lowest BCUT2D eigenvalue weighted by molar-refractivity contribution is -0.658. The maximum Gasteiger partial charge on any atom is 0.278 e. The van der Waals surface area contributed by atoms with Gasteiger partial charge in [-0.15, -0.1) is 0 Å². The Bertz CT molecular complexity index is 1350. The van der Waals surface area contributed by atoms with Gasteiger partial charge in [0.15, 0.2) is 0 Å². The van der Waals surface area contributed by atoms with Crippen LogP contribution in [0.5, 0.6) is 0 Å². The molecule has 0 aliphatic heterocycles. The minimum Gasteiger partial charge on any atom is -0.345 e. The number of carbonyl (C=O) groups is 1. The van der Waals surface area contributed by atoms with Crippen molar-refractivity contribution in [2.75, 3.05) is 5.73 Å². The fourth-order valence-corrected chi connectivity index (χ4v) is 3.84. The predicted octanol–water partition coefficient (Wildman–Crippen LogP) is 2.93. The molecule has 0 aliphatic carbocycles. The second-order valence-electron chi connectivity index (χ2n) is 7.74. The maximum atomic E-state index is 13.3. The van der Waals surface area contributed by atoms with Gasteiger partial charge >= 0.3 is 0 Å². The Morgan fingerprint density at radius 3 is 2.68 bits per heavy atom. The Hall–Kier alpha value is -3.74. The summed E-state index contributed by atoms with van der Waals surface area (Å²) in [5.41, 5.74) is 9.44. The summed E-state index contributed by atoms with van der Waals surface area (Å²) in [4.78, 5) is 31.1. The van der Waals surface area contributed by atoms with E-state index in [-0.39, 0.29) is 23.1 Å². The molecule has 1 aromatic carbocycles. The van der Waals surface area contributed by atoms with Gasteiger partial charge in [-0.3, -0.25) is 14.0 Å². The number of nitrogens with two attached hydrogens (primary N) is 1. The first-order valence-electron chi connectivity index (χ1n) is 10.4. The van der Waals surface area contributed by atoms with E-state index in [9.17, 15) is 9.59 Å². The van der Waals surface area contributed by atoms with E-state index in [1.165, 1.54) is 4.40 Å². The van der Waals surface area contributed by atoms with Gasteiger partial charge in [0, 0.05) is 11.8 Å². The van der Waals surface area contributed by atoms with Crippen molar-refractivity contribution in [2.45, 2.75) is 39.8 Å². The molecule has 1 atom stereocenters. The quantitative estimate of drug-likeness (QED) is 0.386. The van der Waals surface area contributed by atoms with E-state index < -0.39 is 0 Å². The van der Waals surface area contributed by atoms with Crippen molar-refractivity contribution in [3.05, 3.63) is 81.8 Å². The molecule has 4 aromatic rings. The van der Waals surface area contributed by atoms with Crippen LogP contribution in [0.4, 0.5) is 5.82 Å². The Balaban J connectivity index is 1.89. The van der Waals surface area contributed by atoms with Crippen molar-refractivity contribution in [1.82, 2.24) is 14.7 Å². The number of nitrogen functional groups attached to an aromatic ring is 1. The van der Waals surface area contributed by atoms with E-state index in [4.69, 9.17) is 10.7 Å². The van der Waals surface area contributed by atoms with Gasteiger partial charge in [-0.1, -0.05) is 48.3 Å². The number of anilines is 1. The fourth-order valence-electron chi connectivity index (χ4n) is 3.84. The van der Waals surface area contributed by atoms with Crippen LogP contribution in [-0.4, -0.2) is 15.3 Å². The molecule has 0 radical (unpaired) electrons. The van der Waals surface area contributed by atoms with E-state index >= 15 is 0 Å². The highest BCUT2D eigenvalue weighted by atomic mass is 16.2. The van der Waals surface area contributed by atoms with Crippen LogP contribution in [0.1, 0.15) is 47.8 Å². The fraction of sp³-hybridized carbons (Fsp3) is 0.250. The van der Waals surface area contributed by atoms with Crippen LogP contribution in [0, 0.1) is 6.92 Å². The number of fused-ring (bicyclic) bond motifs is 2. The van der Waals surface area contributed by atoms with E-state index in [0.717, 1.165) is 17.5 Å². The molecule has 0 aliphatic rings. The number of hydrogen-bond donors (Lipinski definition) is 2. The van der Waals surface area contributed by atoms with E-state index in [1.54, 1.807) is 16.8 Å². The average Bonchev–Trinajstić information content (AvgIpc) is 2.77. The molecule has 0 saturated heterocycles. The molecule has 0 bridgehead atoms. The highest BCUT2D eigenvalue weighted by Crippen LogP contribution is 2.18. The van der Waals surface area contributed by atoms with Crippen LogP contribution in [0.15, 0.2) is 59.5 Å². The second-order valence-corrected chi connectivity index (χ2v) is 7.74. The van der Waals surface area contributed by atoms with Crippen molar-refractivity contribution in [1.29, 1.82) is 0 Å². The van der Waals surface area contributed by atoms with Gasteiger partial charge in [0.2, 0.25) is 11.5 Å². The van der Waals surface area contributed by atoms with Gasteiger partial charge in [0.05, 0.1) is 12.6 Å². The summed E-state index contributed by atoms with van der Waals surface area (Å²) in [6, 6.07) is 14.8. The molecule has 3 heterocycles. The number of aryl methyl sites for hydroxylation is 2. The molecule has 0 spiro atoms. The van der Waals surface area contributed by atoms with E-state index in [1.807, 2.05) is 63.2 Å². The first-order chi connectivity index (χ1) is 14.9. The van der Waals surface area contributed by atoms with Gasteiger partial charge in [-0.2, -0.15) is 0 Å². The Morgan fingerprint density at radius 1 is 1.23 bits per heavy atom. The van der Waals surface area contributed by atoms with Gasteiger partial charge in [0.1, 0.15) is 10.9 Å². The first-order valence-corrected chi connectivity index (χ1v) is 10.4. The summed E-state index contributed by atoms with van der Waals surface area (Å²) in [6.07, 6.45) is 2.47. The smallest absolute Gasteiger partial charge is 0.278 e. The predicted molar refractivity (Wildman–Crippen MR) is 121 cm³/mol. The molecule has 1 amide bonds. The molecule has 31 heavy (non-hydrogen) atoms. The number of nitrogens with one attached hydrogen (secondary N) is 1. The van der Waals surface area contributed by atoms with Crippen molar-refractivity contribution >= 4 is 28.4 Å². The van der Waals surface area contributed by atoms with Crippen molar-refractivity contribution in [3.8, 4) is 0 Å². The topological polar surface area (TPSA) is 93.4 Å². The molecule has 0 saturated carbocycles. The van der Waals surface area contributed by atoms with Gasteiger partial charge in [-0.05, 0) is 38.0 Å². The SMILES string of the molecule is CCC[n+]1c(N)c(C(=O)N[C@@H](C)c2ccccc2)cc2c(=O)n3cccc(C)c3nc21. The monoisotopic (exact) mass is 416 g/mol. The summed E-state index contributed by atoms with van der Waals surface area (Å²) >= 11 is 0. The number of hydrogen-bond acceptors (Lipinski definition) is 4. The van der Waals surface area contributed by atoms with E-state index in [2.05, 4.69) is 5.32 Å². The van der Waals surface area contributed by atoms with Crippen LogP contribution in [0.2, 0.25) is 0 Å². The standard InChI is InChI=1S/C24H25N5O2/c1-4-12-28-20(25)18(23(30)26-16(3)17-10-6-5-7-11-17)14-19-22(28)27-21-15(2)9-8-13-29(21)24(19)31/h5-11,13-14,16,25H,4,12H2,1-3H3,(H,26,30)/p+1/t16-/m0/s1.